The molecule has 0 radical (unpaired) electrons. The number of benzene rings is 1. The van der Waals surface area contributed by atoms with Crippen LogP contribution < -0.4 is 9.47 Å². The first-order valence-corrected chi connectivity index (χ1v) is 7.51. The van der Waals surface area contributed by atoms with Crippen molar-refractivity contribution >= 4 is 27.5 Å². The molecule has 1 heterocycles. The molecule has 0 spiro atoms. The predicted molar refractivity (Wildman–Crippen MR) is 79.4 cm³/mol. The molecule has 0 aromatic heterocycles. The van der Waals surface area contributed by atoms with Gasteiger partial charge in [-0.15, -0.1) is 11.6 Å². The van der Waals surface area contributed by atoms with E-state index in [9.17, 15) is 0 Å². The van der Waals surface area contributed by atoms with Crippen LogP contribution in [0.15, 0.2) is 16.6 Å². The molecule has 1 aromatic carbocycles. The summed E-state index contributed by atoms with van der Waals surface area (Å²) in [5.74, 6) is 1.44. The minimum absolute atomic E-state index is 0.0332. The predicted octanol–water partition coefficient (Wildman–Crippen LogP) is 4.31. The maximum atomic E-state index is 6.56. The summed E-state index contributed by atoms with van der Waals surface area (Å²) in [5.41, 5.74) is 0.927. The van der Waals surface area contributed by atoms with Crippen LogP contribution >= 0.6 is 27.5 Å². The summed E-state index contributed by atoms with van der Waals surface area (Å²) < 4.78 is 17.3. The van der Waals surface area contributed by atoms with Gasteiger partial charge in [0.15, 0.2) is 0 Å². The Hall–Kier alpha value is -0.450. The van der Waals surface area contributed by atoms with E-state index in [1.807, 2.05) is 12.1 Å². The Morgan fingerprint density at radius 1 is 1.32 bits per heavy atom. The average molecular weight is 350 g/mol. The zero-order valence-electron chi connectivity index (χ0n) is 11.3. The van der Waals surface area contributed by atoms with E-state index in [1.165, 1.54) is 0 Å². The van der Waals surface area contributed by atoms with E-state index in [1.54, 1.807) is 14.2 Å². The van der Waals surface area contributed by atoms with Crippen LogP contribution in [-0.2, 0) is 4.74 Å². The topological polar surface area (TPSA) is 27.7 Å². The minimum atomic E-state index is -0.220. The summed E-state index contributed by atoms with van der Waals surface area (Å²) in [7, 11) is 3.25. The summed E-state index contributed by atoms with van der Waals surface area (Å²) in [6.07, 6.45) is 2.33. The molecule has 3 atom stereocenters. The van der Waals surface area contributed by atoms with Gasteiger partial charge in [-0.25, -0.2) is 0 Å². The van der Waals surface area contributed by atoms with Gasteiger partial charge in [-0.1, -0.05) is 0 Å². The van der Waals surface area contributed by atoms with Gasteiger partial charge in [-0.3, -0.25) is 0 Å². The molecular formula is C14H18BrClO3. The first-order chi connectivity index (χ1) is 9.08. The molecule has 106 valence electrons. The standard InChI is InChI=1S/C14H18BrClO3/c1-8-4-6-11(19-8)13(16)9-5-7-10(17-2)12(15)14(9)18-3/h5,7-8,11,13H,4,6H2,1-3H3. The summed E-state index contributed by atoms with van der Waals surface area (Å²) in [6, 6.07) is 3.82. The van der Waals surface area contributed by atoms with Crippen LogP contribution in [0.25, 0.3) is 0 Å². The van der Waals surface area contributed by atoms with Crippen molar-refractivity contribution in [3.05, 3.63) is 22.2 Å². The number of alkyl halides is 1. The molecule has 1 saturated heterocycles. The van der Waals surface area contributed by atoms with E-state index in [4.69, 9.17) is 25.8 Å². The summed E-state index contributed by atoms with van der Waals surface area (Å²) >= 11 is 10.1. The summed E-state index contributed by atoms with van der Waals surface area (Å²) in [6.45, 7) is 2.07. The van der Waals surface area contributed by atoms with Gasteiger partial charge in [0.2, 0.25) is 0 Å². The lowest BCUT2D eigenvalue weighted by Gasteiger charge is -2.21. The lowest BCUT2D eigenvalue weighted by atomic mass is 10.0. The van der Waals surface area contributed by atoms with Crippen LogP contribution in [0.4, 0.5) is 0 Å². The zero-order valence-corrected chi connectivity index (χ0v) is 13.6. The van der Waals surface area contributed by atoms with Crippen molar-refractivity contribution in [2.24, 2.45) is 0 Å². The monoisotopic (exact) mass is 348 g/mol. The fourth-order valence-corrected chi connectivity index (χ4v) is 3.43. The largest absolute Gasteiger partial charge is 0.495 e. The van der Waals surface area contributed by atoms with Gasteiger partial charge in [-0.05, 0) is 47.8 Å². The minimum Gasteiger partial charge on any atom is -0.495 e. The van der Waals surface area contributed by atoms with Crippen molar-refractivity contribution in [1.82, 2.24) is 0 Å². The number of hydrogen-bond donors (Lipinski definition) is 0. The Morgan fingerprint density at radius 2 is 2.05 bits per heavy atom. The highest BCUT2D eigenvalue weighted by atomic mass is 79.9. The molecule has 19 heavy (non-hydrogen) atoms. The van der Waals surface area contributed by atoms with Crippen molar-refractivity contribution < 1.29 is 14.2 Å². The normalized spacial score (nSPS) is 24.3. The number of ether oxygens (including phenoxy) is 3. The SMILES string of the molecule is COc1ccc(C(Cl)C2CCC(C)O2)c(OC)c1Br. The third kappa shape index (κ3) is 3.01. The van der Waals surface area contributed by atoms with Crippen molar-refractivity contribution in [1.29, 1.82) is 0 Å². The number of halogens is 2. The first-order valence-electron chi connectivity index (χ1n) is 6.28. The smallest absolute Gasteiger partial charge is 0.141 e. The number of methoxy groups -OCH3 is 2. The number of rotatable bonds is 4. The van der Waals surface area contributed by atoms with E-state index in [2.05, 4.69) is 22.9 Å². The van der Waals surface area contributed by atoms with E-state index >= 15 is 0 Å². The van der Waals surface area contributed by atoms with Gasteiger partial charge in [0, 0.05) is 5.56 Å². The molecule has 5 heteroatoms. The molecule has 1 fully saturated rings. The molecule has 2 rings (SSSR count). The van der Waals surface area contributed by atoms with Gasteiger partial charge in [-0.2, -0.15) is 0 Å². The Labute approximate surface area is 127 Å². The lowest BCUT2D eigenvalue weighted by Crippen LogP contribution is -2.15. The molecular weight excluding hydrogens is 332 g/mol. The van der Waals surface area contributed by atoms with Crippen LogP contribution in [0.2, 0.25) is 0 Å². The Kier molecular flexibility index (Phi) is 4.98. The van der Waals surface area contributed by atoms with Gasteiger partial charge in [0.05, 0.1) is 31.8 Å². The summed E-state index contributed by atoms with van der Waals surface area (Å²) in [4.78, 5) is 0. The second-order valence-corrected chi connectivity index (χ2v) is 5.93. The van der Waals surface area contributed by atoms with Crippen LogP contribution in [0.3, 0.4) is 0 Å². The van der Waals surface area contributed by atoms with Crippen LogP contribution in [0.5, 0.6) is 11.5 Å². The van der Waals surface area contributed by atoms with Crippen LogP contribution in [-0.4, -0.2) is 26.4 Å². The fraction of sp³-hybridized carbons (Fsp3) is 0.571. The Balaban J connectivity index is 2.31. The second-order valence-electron chi connectivity index (χ2n) is 4.67. The molecule has 1 aliphatic rings. The van der Waals surface area contributed by atoms with E-state index in [0.717, 1.165) is 28.6 Å². The Bertz CT molecular complexity index is 453. The molecule has 3 unspecified atom stereocenters. The van der Waals surface area contributed by atoms with Crippen LogP contribution in [0.1, 0.15) is 30.7 Å². The summed E-state index contributed by atoms with van der Waals surface area (Å²) in [5, 5.41) is -0.220. The Morgan fingerprint density at radius 3 is 2.58 bits per heavy atom. The third-order valence-corrected chi connectivity index (χ3v) is 4.67. The molecule has 0 bridgehead atoms. The van der Waals surface area contributed by atoms with Crippen molar-refractivity contribution in [3.8, 4) is 11.5 Å². The molecule has 0 amide bonds. The third-order valence-electron chi connectivity index (χ3n) is 3.40. The number of hydrogen-bond acceptors (Lipinski definition) is 3. The first kappa shape index (κ1) is 14.9. The van der Waals surface area contributed by atoms with Gasteiger partial charge >= 0.3 is 0 Å². The van der Waals surface area contributed by atoms with E-state index in [-0.39, 0.29) is 17.6 Å². The molecule has 0 saturated carbocycles. The van der Waals surface area contributed by atoms with Crippen LogP contribution in [0, 0.1) is 0 Å². The second kappa shape index (κ2) is 6.33. The molecule has 1 aliphatic heterocycles. The van der Waals surface area contributed by atoms with E-state index in [0.29, 0.717) is 5.75 Å². The lowest BCUT2D eigenvalue weighted by molar-refractivity contribution is 0.0529. The molecule has 0 aliphatic carbocycles. The van der Waals surface area contributed by atoms with Crippen molar-refractivity contribution in [3.63, 3.8) is 0 Å². The van der Waals surface area contributed by atoms with Gasteiger partial charge < -0.3 is 14.2 Å². The van der Waals surface area contributed by atoms with Crippen molar-refractivity contribution in [2.75, 3.05) is 14.2 Å². The molecule has 1 aromatic rings. The maximum Gasteiger partial charge on any atom is 0.141 e. The zero-order chi connectivity index (χ0) is 14.0. The fourth-order valence-electron chi connectivity index (χ4n) is 2.38. The highest BCUT2D eigenvalue weighted by Gasteiger charge is 2.32. The highest BCUT2D eigenvalue weighted by Crippen LogP contribution is 2.44. The van der Waals surface area contributed by atoms with Gasteiger partial charge in [0.25, 0.3) is 0 Å². The maximum absolute atomic E-state index is 6.56. The van der Waals surface area contributed by atoms with Gasteiger partial charge in [0.1, 0.15) is 16.0 Å². The van der Waals surface area contributed by atoms with Crippen molar-refractivity contribution in [2.45, 2.75) is 37.4 Å². The quantitative estimate of drug-likeness (QED) is 0.758. The van der Waals surface area contributed by atoms with E-state index < -0.39 is 0 Å². The molecule has 3 nitrogen and oxygen atoms in total. The highest BCUT2D eigenvalue weighted by molar-refractivity contribution is 9.10. The average Bonchev–Trinajstić information content (AvgIpc) is 2.84. The molecule has 0 N–H and O–H groups in total.